The predicted octanol–water partition coefficient (Wildman–Crippen LogP) is 0.579. The van der Waals surface area contributed by atoms with Crippen LogP contribution in [0.15, 0.2) is 29.2 Å². The van der Waals surface area contributed by atoms with Crippen LogP contribution in [0.1, 0.15) is 31.2 Å². The highest BCUT2D eigenvalue weighted by Gasteiger charge is 2.25. The molecule has 0 atom stereocenters. The van der Waals surface area contributed by atoms with Gasteiger partial charge in [0.2, 0.25) is 10.0 Å². The molecule has 4 N–H and O–H groups in total. The van der Waals surface area contributed by atoms with Gasteiger partial charge < -0.3 is 10.8 Å². The monoisotopic (exact) mass is 308 g/mol. The molecule has 0 aromatic heterocycles. The van der Waals surface area contributed by atoms with E-state index < -0.39 is 10.0 Å². The fourth-order valence-electron chi connectivity index (χ4n) is 2.43. The van der Waals surface area contributed by atoms with E-state index in [1.807, 2.05) is 0 Å². The second kappa shape index (κ2) is 7.05. The zero-order chi connectivity index (χ0) is 15.3. The van der Waals surface area contributed by atoms with Crippen LogP contribution >= 0.6 is 0 Å². The topological polar surface area (TPSA) is 92.4 Å². The summed E-state index contributed by atoms with van der Waals surface area (Å²) in [6.07, 6.45) is 2.24. The average molecular weight is 308 g/mol. The standard InChI is InChI=1S/C15H20N2O3S/c16-11-3-5-12-4-1-2-6-15(12)21(19,20)17-13-7-9-14(18)10-8-13/h1-2,4,6,13-14,17-18H,7-11,16H2. The van der Waals surface area contributed by atoms with E-state index in [9.17, 15) is 13.5 Å². The van der Waals surface area contributed by atoms with E-state index in [2.05, 4.69) is 16.6 Å². The minimum atomic E-state index is -3.61. The van der Waals surface area contributed by atoms with Gasteiger partial charge in [0.15, 0.2) is 0 Å². The van der Waals surface area contributed by atoms with Gasteiger partial charge in [0, 0.05) is 11.6 Å². The van der Waals surface area contributed by atoms with E-state index in [0.29, 0.717) is 31.2 Å². The fourth-order valence-corrected chi connectivity index (χ4v) is 3.89. The maximum Gasteiger partial charge on any atom is 0.242 e. The van der Waals surface area contributed by atoms with Crippen LogP contribution in [0.2, 0.25) is 0 Å². The molecule has 0 bridgehead atoms. The largest absolute Gasteiger partial charge is 0.393 e. The van der Waals surface area contributed by atoms with E-state index in [1.54, 1.807) is 24.3 Å². The lowest BCUT2D eigenvalue weighted by Crippen LogP contribution is -2.38. The molecular formula is C15H20N2O3S. The SMILES string of the molecule is NCC#Cc1ccccc1S(=O)(=O)NC1CCC(O)CC1. The number of rotatable bonds is 3. The van der Waals surface area contributed by atoms with E-state index in [0.717, 1.165) is 0 Å². The molecule has 0 radical (unpaired) electrons. The zero-order valence-electron chi connectivity index (χ0n) is 11.7. The van der Waals surface area contributed by atoms with Crippen molar-refractivity contribution < 1.29 is 13.5 Å². The van der Waals surface area contributed by atoms with E-state index in [4.69, 9.17) is 5.73 Å². The van der Waals surface area contributed by atoms with Gasteiger partial charge in [0.1, 0.15) is 0 Å². The molecule has 5 nitrogen and oxygen atoms in total. The number of nitrogens with two attached hydrogens (primary N) is 1. The Labute approximate surface area is 125 Å². The molecule has 0 amide bonds. The summed E-state index contributed by atoms with van der Waals surface area (Å²) in [5.41, 5.74) is 5.79. The van der Waals surface area contributed by atoms with Crippen LogP contribution in [0.3, 0.4) is 0 Å². The molecular weight excluding hydrogens is 288 g/mol. The van der Waals surface area contributed by atoms with Gasteiger partial charge in [0.05, 0.1) is 17.5 Å². The lowest BCUT2D eigenvalue weighted by molar-refractivity contribution is 0.120. The van der Waals surface area contributed by atoms with Gasteiger partial charge in [0.25, 0.3) is 0 Å². The van der Waals surface area contributed by atoms with Gasteiger partial charge in [-0.1, -0.05) is 24.0 Å². The Balaban J connectivity index is 2.20. The second-order valence-electron chi connectivity index (χ2n) is 5.13. The summed E-state index contributed by atoms with van der Waals surface area (Å²) >= 11 is 0. The van der Waals surface area contributed by atoms with Crippen LogP contribution in [0, 0.1) is 11.8 Å². The van der Waals surface area contributed by atoms with Gasteiger partial charge in [-0.2, -0.15) is 0 Å². The molecule has 114 valence electrons. The zero-order valence-corrected chi connectivity index (χ0v) is 12.6. The second-order valence-corrected chi connectivity index (χ2v) is 6.81. The van der Waals surface area contributed by atoms with Gasteiger partial charge in [-0.15, -0.1) is 0 Å². The summed E-state index contributed by atoms with van der Waals surface area (Å²) in [6.45, 7) is 0.183. The van der Waals surface area contributed by atoms with Crippen molar-refractivity contribution in [2.45, 2.75) is 42.7 Å². The summed E-state index contributed by atoms with van der Waals surface area (Å²) in [5.74, 6) is 5.47. The van der Waals surface area contributed by atoms with Crippen molar-refractivity contribution in [3.63, 3.8) is 0 Å². The van der Waals surface area contributed by atoms with Crippen LogP contribution in [0.25, 0.3) is 0 Å². The Bertz CT molecular complexity index is 638. The quantitative estimate of drug-likeness (QED) is 0.712. The average Bonchev–Trinajstić information content (AvgIpc) is 2.47. The summed E-state index contributed by atoms with van der Waals surface area (Å²) in [7, 11) is -3.61. The molecule has 0 heterocycles. The Morgan fingerprint density at radius 1 is 1.24 bits per heavy atom. The van der Waals surface area contributed by atoms with Crippen molar-refractivity contribution in [1.82, 2.24) is 4.72 Å². The number of hydrogen-bond donors (Lipinski definition) is 3. The third-order valence-electron chi connectivity index (χ3n) is 3.52. The van der Waals surface area contributed by atoms with Gasteiger partial charge in [-0.3, -0.25) is 0 Å². The smallest absolute Gasteiger partial charge is 0.242 e. The molecule has 2 rings (SSSR count). The van der Waals surface area contributed by atoms with Crippen LogP contribution in [-0.2, 0) is 10.0 Å². The summed E-state index contributed by atoms with van der Waals surface area (Å²) in [4.78, 5) is 0.178. The number of hydrogen-bond acceptors (Lipinski definition) is 4. The molecule has 0 aliphatic heterocycles. The van der Waals surface area contributed by atoms with Crippen molar-refractivity contribution in [1.29, 1.82) is 0 Å². The molecule has 0 spiro atoms. The van der Waals surface area contributed by atoms with Crippen LogP contribution in [0.4, 0.5) is 0 Å². The van der Waals surface area contributed by atoms with E-state index in [-0.39, 0.29) is 23.6 Å². The summed E-state index contributed by atoms with van der Waals surface area (Å²) in [5, 5.41) is 9.48. The Morgan fingerprint density at radius 2 is 1.90 bits per heavy atom. The Hall–Kier alpha value is -1.39. The molecule has 0 unspecified atom stereocenters. The molecule has 1 aromatic rings. The number of nitrogens with one attached hydrogen (secondary N) is 1. The number of aliphatic hydroxyl groups excluding tert-OH is 1. The fraction of sp³-hybridized carbons (Fsp3) is 0.467. The van der Waals surface area contributed by atoms with Gasteiger partial charge >= 0.3 is 0 Å². The summed E-state index contributed by atoms with van der Waals surface area (Å²) < 4.78 is 27.7. The molecule has 6 heteroatoms. The maximum atomic E-state index is 12.5. The van der Waals surface area contributed by atoms with Crippen molar-refractivity contribution in [2.24, 2.45) is 5.73 Å². The first-order valence-electron chi connectivity index (χ1n) is 7.01. The maximum absolute atomic E-state index is 12.5. The van der Waals surface area contributed by atoms with Gasteiger partial charge in [-0.05, 0) is 37.8 Å². The first-order valence-corrected chi connectivity index (χ1v) is 8.49. The normalized spacial score (nSPS) is 22.4. The molecule has 1 saturated carbocycles. The van der Waals surface area contributed by atoms with Crippen LogP contribution < -0.4 is 10.5 Å². The van der Waals surface area contributed by atoms with E-state index >= 15 is 0 Å². The highest BCUT2D eigenvalue weighted by molar-refractivity contribution is 7.89. The molecule has 0 saturated heterocycles. The Kier molecular flexibility index (Phi) is 5.37. The van der Waals surface area contributed by atoms with Crippen molar-refractivity contribution in [2.75, 3.05) is 6.54 Å². The third-order valence-corrected chi connectivity index (χ3v) is 5.10. The van der Waals surface area contributed by atoms with Crippen molar-refractivity contribution in [3.05, 3.63) is 29.8 Å². The number of aliphatic hydroxyl groups is 1. The van der Waals surface area contributed by atoms with E-state index in [1.165, 1.54) is 0 Å². The minimum absolute atomic E-state index is 0.131. The molecule has 1 aliphatic rings. The highest BCUT2D eigenvalue weighted by Crippen LogP contribution is 2.21. The minimum Gasteiger partial charge on any atom is -0.393 e. The summed E-state index contributed by atoms with van der Waals surface area (Å²) in [6, 6.07) is 6.50. The molecule has 1 fully saturated rings. The molecule has 1 aromatic carbocycles. The predicted molar refractivity (Wildman–Crippen MR) is 81.0 cm³/mol. The Morgan fingerprint density at radius 3 is 2.57 bits per heavy atom. The van der Waals surface area contributed by atoms with Crippen LogP contribution in [-0.4, -0.2) is 32.2 Å². The first kappa shape index (κ1) is 16.0. The lowest BCUT2D eigenvalue weighted by Gasteiger charge is -2.26. The molecule has 21 heavy (non-hydrogen) atoms. The lowest BCUT2D eigenvalue weighted by atomic mass is 9.94. The van der Waals surface area contributed by atoms with Crippen molar-refractivity contribution in [3.8, 4) is 11.8 Å². The number of sulfonamides is 1. The molecule has 1 aliphatic carbocycles. The highest BCUT2D eigenvalue weighted by atomic mass is 32.2. The van der Waals surface area contributed by atoms with Crippen molar-refractivity contribution >= 4 is 10.0 Å². The number of benzene rings is 1. The third kappa shape index (κ3) is 4.29. The van der Waals surface area contributed by atoms with Gasteiger partial charge in [-0.25, -0.2) is 13.1 Å². The van der Waals surface area contributed by atoms with Crippen LogP contribution in [0.5, 0.6) is 0 Å². The first-order chi connectivity index (χ1) is 10.0.